The Bertz CT molecular complexity index is 3440. The van der Waals surface area contributed by atoms with Gasteiger partial charge in [-0.3, -0.25) is 0 Å². The first-order chi connectivity index (χ1) is 28.3. The fraction of sp³-hybridized carbons (Fsp3) is 0.0182. The van der Waals surface area contributed by atoms with Crippen LogP contribution in [0.3, 0.4) is 0 Å². The lowest BCUT2D eigenvalue weighted by Gasteiger charge is -2.32. The van der Waals surface area contributed by atoms with E-state index < -0.39 is 5.41 Å². The van der Waals surface area contributed by atoms with Crippen molar-refractivity contribution >= 4 is 71.3 Å². The fourth-order valence-electron chi connectivity index (χ4n) is 10.6. The van der Waals surface area contributed by atoms with Crippen LogP contribution in [0.15, 0.2) is 205 Å². The first kappa shape index (κ1) is 30.9. The zero-order valence-electron chi connectivity index (χ0n) is 30.9. The number of hydrogen-bond acceptors (Lipinski definition) is 2. The quantitative estimate of drug-likeness (QED) is 0.169. The second-order valence-electron chi connectivity index (χ2n) is 15.5. The van der Waals surface area contributed by atoms with E-state index in [0.717, 1.165) is 39.0 Å². The molecule has 2 nitrogen and oxygen atoms in total. The SMILES string of the molecule is c1ccc(N(c2ccc3cc4c(cc3c2)C2(c3ccccc3-c3ccccc32)c2c-4c3ccccc3c3ccccc23)c2cccc3c2oc2ccccc23)cc1. The van der Waals surface area contributed by atoms with Crippen LogP contribution in [0.25, 0.3) is 76.5 Å². The summed E-state index contributed by atoms with van der Waals surface area (Å²) >= 11 is 0. The number of nitrogens with zero attached hydrogens (tertiary/aromatic N) is 1. The Hall–Kier alpha value is -7.42. The Kier molecular flexibility index (Phi) is 6.13. The third-order valence-corrected chi connectivity index (χ3v) is 12.8. The minimum absolute atomic E-state index is 0.495. The van der Waals surface area contributed by atoms with E-state index in [2.05, 4.69) is 199 Å². The molecule has 1 spiro atoms. The summed E-state index contributed by atoms with van der Waals surface area (Å²) in [6, 6.07) is 73.7. The van der Waals surface area contributed by atoms with E-state index in [1.165, 1.54) is 76.8 Å². The van der Waals surface area contributed by atoms with Crippen molar-refractivity contribution in [3.8, 4) is 22.3 Å². The lowest BCUT2D eigenvalue weighted by atomic mass is 9.69. The Labute approximate surface area is 329 Å². The van der Waals surface area contributed by atoms with Gasteiger partial charge in [-0.05, 0) is 125 Å². The minimum Gasteiger partial charge on any atom is -0.454 e. The van der Waals surface area contributed by atoms with Gasteiger partial charge < -0.3 is 9.32 Å². The summed E-state index contributed by atoms with van der Waals surface area (Å²) in [5.41, 5.74) is 15.2. The molecule has 264 valence electrons. The maximum atomic E-state index is 6.65. The Morgan fingerprint density at radius 1 is 0.368 bits per heavy atom. The van der Waals surface area contributed by atoms with E-state index in [4.69, 9.17) is 4.42 Å². The molecular weight excluding hydrogens is 691 g/mol. The molecule has 2 heteroatoms. The van der Waals surface area contributed by atoms with Gasteiger partial charge in [0, 0.05) is 22.1 Å². The van der Waals surface area contributed by atoms with Crippen LogP contribution in [0.5, 0.6) is 0 Å². The van der Waals surface area contributed by atoms with Gasteiger partial charge in [-0.25, -0.2) is 0 Å². The number of benzene rings is 10. The summed E-state index contributed by atoms with van der Waals surface area (Å²) in [4.78, 5) is 2.35. The number of para-hydroxylation sites is 3. The standard InChI is InChI=1S/C55H33NO/c1-2-15-36(16-3-1)56(50-27-14-24-45-42-21-10-13-28-51(42)57-54(45)50)37-30-29-34-32-46-49(33-35(34)31-37)55(47-25-11-8-19-40(47)41-20-9-12-26-48(41)55)53-44-23-7-5-18-39(44)38-17-4-6-22-43(38)52(46)53/h1-33H. The van der Waals surface area contributed by atoms with Gasteiger partial charge in [0.2, 0.25) is 0 Å². The van der Waals surface area contributed by atoms with Crippen LogP contribution in [-0.4, -0.2) is 0 Å². The van der Waals surface area contributed by atoms with Crippen LogP contribution >= 0.6 is 0 Å². The predicted octanol–water partition coefficient (Wildman–Crippen LogP) is 14.9. The molecule has 57 heavy (non-hydrogen) atoms. The topological polar surface area (TPSA) is 16.4 Å². The summed E-state index contributed by atoms with van der Waals surface area (Å²) in [7, 11) is 0. The van der Waals surface area contributed by atoms with Gasteiger partial charge in [0.05, 0.1) is 11.1 Å². The monoisotopic (exact) mass is 723 g/mol. The molecule has 0 aliphatic heterocycles. The minimum atomic E-state index is -0.495. The molecular formula is C55H33NO. The van der Waals surface area contributed by atoms with E-state index in [1.807, 2.05) is 6.07 Å². The molecule has 0 N–H and O–H groups in total. The van der Waals surface area contributed by atoms with Crippen LogP contribution in [-0.2, 0) is 5.41 Å². The van der Waals surface area contributed by atoms with E-state index >= 15 is 0 Å². The van der Waals surface area contributed by atoms with Gasteiger partial charge in [-0.1, -0.05) is 152 Å². The average molecular weight is 724 g/mol. The third kappa shape index (κ3) is 3.99. The second kappa shape index (κ2) is 11.3. The molecule has 0 amide bonds. The van der Waals surface area contributed by atoms with Crippen molar-refractivity contribution in [1.29, 1.82) is 0 Å². The molecule has 2 aliphatic rings. The molecule has 11 aromatic rings. The second-order valence-corrected chi connectivity index (χ2v) is 15.5. The first-order valence-corrected chi connectivity index (χ1v) is 19.8. The highest BCUT2D eigenvalue weighted by Crippen LogP contribution is 2.65. The summed E-state index contributed by atoms with van der Waals surface area (Å²) in [6.45, 7) is 0. The number of rotatable bonds is 3. The van der Waals surface area contributed by atoms with Crippen molar-refractivity contribution in [3.05, 3.63) is 222 Å². The highest BCUT2D eigenvalue weighted by atomic mass is 16.3. The number of hydrogen-bond donors (Lipinski definition) is 0. The zero-order chi connectivity index (χ0) is 37.2. The molecule has 2 aliphatic carbocycles. The maximum Gasteiger partial charge on any atom is 0.159 e. The van der Waals surface area contributed by atoms with Crippen LogP contribution in [0.4, 0.5) is 17.1 Å². The number of furan rings is 1. The molecule has 1 aromatic heterocycles. The molecule has 0 unspecified atom stereocenters. The summed E-state index contributed by atoms with van der Waals surface area (Å²) in [5, 5.41) is 9.86. The van der Waals surface area contributed by atoms with Gasteiger partial charge in [-0.2, -0.15) is 0 Å². The zero-order valence-corrected chi connectivity index (χ0v) is 30.9. The molecule has 0 saturated heterocycles. The molecule has 0 atom stereocenters. The van der Waals surface area contributed by atoms with Crippen molar-refractivity contribution in [2.45, 2.75) is 5.41 Å². The van der Waals surface area contributed by atoms with Gasteiger partial charge >= 0.3 is 0 Å². The lowest BCUT2D eigenvalue weighted by Crippen LogP contribution is -2.26. The number of anilines is 3. The molecule has 10 aromatic carbocycles. The molecule has 0 saturated carbocycles. The van der Waals surface area contributed by atoms with E-state index in [-0.39, 0.29) is 0 Å². The Balaban J connectivity index is 1.14. The third-order valence-electron chi connectivity index (χ3n) is 12.8. The van der Waals surface area contributed by atoms with Gasteiger partial charge in [0.25, 0.3) is 0 Å². The normalized spacial score (nSPS) is 13.4. The smallest absolute Gasteiger partial charge is 0.159 e. The highest BCUT2D eigenvalue weighted by molar-refractivity contribution is 6.21. The first-order valence-electron chi connectivity index (χ1n) is 19.8. The largest absolute Gasteiger partial charge is 0.454 e. The summed E-state index contributed by atoms with van der Waals surface area (Å²) < 4.78 is 6.65. The highest BCUT2D eigenvalue weighted by Gasteiger charge is 2.53. The summed E-state index contributed by atoms with van der Waals surface area (Å²) in [6.07, 6.45) is 0. The van der Waals surface area contributed by atoms with Gasteiger partial charge in [-0.15, -0.1) is 0 Å². The molecule has 1 heterocycles. The Morgan fingerprint density at radius 3 is 1.75 bits per heavy atom. The van der Waals surface area contributed by atoms with Crippen molar-refractivity contribution < 1.29 is 4.42 Å². The van der Waals surface area contributed by atoms with E-state index in [1.54, 1.807) is 0 Å². The number of fused-ring (bicyclic) bond motifs is 19. The predicted molar refractivity (Wildman–Crippen MR) is 237 cm³/mol. The van der Waals surface area contributed by atoms with Crippen LogP contribution in [0.1, 0.15) is 22.3 Å². The summed E-state index contributed by atoms with van der Waals surface area (Å²) in [5.74, 6) is 0. The van der Waals surface area contributed by atoms with Crippen LogP contribution in [0.2, 0.25) is 0 Å². The van der Waals surface area contributed by atoms with Crippen molar-refractivity contribution in [2.75, 3.05) is 4.90 Å². The molecule has 0 radical (unpaired) electrons. The Morgan fingerprint density at radius 2 is 0.982 bits per heavy atom. The van der Waals surface area contributed by atoms with Crippen molar-refractivity contribution in [2.24, 2.45) is 0 Å². The van der Waals surface area contributed by atoms with E-state index in [9.17, 15) is 0 Å². The molecule has 0 fully saturated rings. The van der Waals surface area contributed by atoms with Crippen molar-refractivity contribution in [3.63, 3.8) is 0 Å². The average Bonchev–Trinajstić information content (AvgIpc) is 3.91. The van der Waals surface area contributed by atoms with Crippen LogP contribution in [0, 0.1) is 0 Å². The van der Waals surface area contributed by atoms with E-state index in [0.29, 0.717) is 0 Å². The maximum absolute atomic E-state index is 6.65. The van der Waals surface area contributed by atoms with Gasteiger partial charge in [0.1, 0.15) is 5.58 Å². The molecule has 13 rings (SSSR count). The lowest BCUT2D eigenvalue weighted by molar-refractivity contribution is 0.669. The van der Waals surface area contributed by atoms with Crippen LogP contribution < -0.4 is 4.90 Å². The fourth-order valence-corrected chi connectivity index (χ4v) is 10.6. The van der Waals surface area contributed by atoms with Gasteiger partial charge in [0.15, 0.2) is 5.58 Å². The van der Waals surface area contributed by atoms with Crippen molar-refractivity contribution in [1.82, 2.24) is 0 Å². The molecule has 0 bridgehead atoms.